The number of nitrogens with zero attached hydrogens (tertiary/aromatic N) is 4. The highest BCUT2D eigenvalue weighted by Crippen LogP contribution is 2.28. The number of carbonyl (C=O) groups is 2. The Morgan fingerprint density at radius 2 is 2.05 bits per heavy atom. The molecule has 6 rings (SSSR count). The van der Waals surface area contributed by atoms with Gasteiger partial charge in [-0.25, -0.2) is 9.97 Å². The van der Waals surface area contributed by atoms with Crippen LogP contribution in [0.3, 0.4) is 0 Å². The number of carbonyl (C=O) groups excluding carboxylic acids is 2. The van der Waals surface area contributed by atoms with E-state index >= 15 is 0 Å². The summed E-state index contributed by atoms with van der Waals surface area (Å²) in [5.74, 6) is 6.21. The lowest BCUT2D eigenvalue weighted by atomic mass is 10.1. The minimum atomic E-state index is -0.131. The molecule has 5 aromatic rings. The molecule has 0 spiro atoms. The number of amides is 2. The molecule has 39 heavy (non-hydrogen) atoms. The van der Waals surface area contributed by atoms with E-state index < -0.39 is 0 Å². The molecule has 10 nitrogen and oxygen atoms in total. The Morgan fingerprint density at radius 3 is 2.92 bits per heavy atom. The van der Waals surface area contributed by atoms with Crippen LogP contribution >= 0.6 is 0 Å². The van der Waals surface area contributed by atoms with Crippen molar-refractivity contribution in [1.82, 2.24) is 30.0 Å². The van der Waals surface area contributed by atoms with Crippen molar-refractivity contribution >= 4 is 34.4 Å². The van der Waals surface area contributed by atoms with E-state index in [1.165, 1.54) is 0 Å². The largest absolute Gasteiger partial charge is 0.368 e. The number of rotatable bonds is 4. The molecule has 1 aliphatic rings. The molecule has 0 saturated carbocycles. The first kappa shape index (κ1) is 23.9. The molecular weight excluding hydrogens is 492 g/mol. The van der Waals surface area contributed by atoms with Crippen molar-refractivity contribution in [2.24, 2.45) is 7.05 Å². The lowest BCUT2D eigenvalue weighted by Gasteiger charge is -2.14. The number of nitrogens with one attached hydrogen (secondary N) is 3. The van der Waals surface area contributed by atoms with Crippen LogP contribution in [0.1, 0.15) is 32.7 Å². The monoisotopic (exact) mass is 516 g/mol. The van der Waals surface area contributed by atoms with E-state index in [4.69, 9.17) is 5.73 Å². The van der Waals surface area contributed by atoms with Crippen LogP contribution in [0.2, 0.25) is 0 Å². The van der Waals surface area contributed by atoms with Gasteiger partial charge in [0.25, 0.3) is 5.91 Å². The van der Waals surface area contributed by atoms with Crippen LogP contribution < -0.4 is 16.4 Å². The van der Waals surface area contributed by atoms with Crippen molar-refractivity contribution in [3.8, 4) is 23.2 Å². The number of hydrogen-bond donors (Lipinski definition) is 4. The van der Waals surface area contributed by atoms with Crippen molar-refractivity contribution < 1.29 is 9.59 Å². The minimum Gasteiger partial charge on any atom is -0.368 e. The van der Waals surface area contributed by atoms with Gasteiger partial charge in [0, 0.05) is 48.5 Å². The molecule has 1 aliphatic heterocycles. The van der Waals surface area contributed by atoms with Crippen LogP contribution in [0.25, 0.3) is 22.3 Å². The molecule has 0 saturated heterocycles. The predicted octanol–water partition coefficient (Wildman–Crippen LogP) is 2.81. The average Bonchev–Trinajstić information content (AvgIpc) is 3.53. The van der Waals surface area contributed by atoms with Crippen LogP contribution in [0.5, 0.6) is 0 Å². The van der Waals surface area contributed by atoms with Gasteiger partial charge in [0.05, 0.1) is 35.0 Å². The van der Waals surface area contributed by atoms with Gasteiger partial charge < -0.3 is 20.9 Å². The predicted molar refractivity (Wildman–Crippen MR) is 148 cm³/mol. The Hall–Kier alpha value is -5.43. The SMILES string of the molecule is Cn1c(-c2nc(N)ncc2C#Cc2cccc(CC(=O)Nc3ccc4[nH]ncc4c3)c2)cc2c1CCNC2=O. The first-order chi connectivity index (χ1) is 18.9. The van der Waals surface area contributed by atoms with Crippen LogP contribution in [-0.4, -0.2) is 43.1 Å². The molecule has 2 amide bonds. The van der Waals surface area contributed by atoms with Gasteiger partial charge in [-0.2, -0.15) is 5.10 Å². The third-order valence-electron chi connectivity index (χ3n) is 6.66. The van der Waals surface area contributed by atoms with E-state index in [0.717, 1.165) is 39.8 Å². The van der Waals surface area contributed by atoms with Gasteiger partial charge in [0.1, 0.15) is 5.69 Å². The molecular formula is C29H24N8O2. The maximum absolute atomic E-state index is 12.7. The smallest absolute Gasteiger partial charge is 0.253 e. The molecule has 10 heteroatoms. The number of fused-ring (bicyclic) bond motifs is 2. The number of nitrogens with two attached hydrogens (primary N) is 1. The molecule has 0 unspecified atom stereocenters. The van der Waals surface area contributed by atoms with E-state index in [0.29, 0.717) is 29.1 Å². The Kier molecular flexibility index (Phi) is 6.01. The standard InChI is InChI=1S/C29H24N8O2/c1-37-24-9-10-31-28(39)22(24)14-25(37)27-19(15-32-29(30)35-27)6-5-17-3-2-4-18(11-17)12-26(38)34-21-7-8-23-20(13-21)16-33-36-23/h2-4,7-8,11,13-16H,9-10,12H2,1H3,(H,31,39)(H,33,36)(H,34,38)(H2,30,32,35). The van der Waals surface area contributed by atoms with Gasteiger partial charge in [-0.05, 0) is 42.0 Å². The van der Waals surface area contributed by atoms with Crippen molar-refractivity contribution in [3.05, 3.63) is 88.9 Å². The van der Waals surface area contributed by atoms with E-state index in [1.54, 1.807) is 12.4 Å². The van der Waals surface area contributed by atoms with Crippen LogP contribution in [-0.2, 0) is 24.7 Å². The summed E-state index contributed by atoms with van der Waals surface area (Å²) >= 11 is 0. The number of aromatic amines is 1. The Balaban J connectivity index is 1.24. The second-order valence-corrected chi connectivity index (χ2v) is 9.29. The summed E-state index contributed by atoms with van der Waals surface area (Å²) in [5.41, 5.74) is 12.6. The van der Waals surface area contributed by atoms with Gasteiger partial charge in [0.2, 0.25) is 11.9 Å². The number of nitrogen functional groups attached to an aromatic ring is 1. The van der Waals surface area contributed by atoms with Crippen LogP contribution in [0.15, 0.2) is 60.9 Å². The second kappa shape index (κ2) is 9.79. The summed E-state index contributed by atoms with van der Waals surface area (Å²) in [6, 6.07) is 14.9. The molecule has 0 radical (unpaired) electrons. The molecule has 0 bridgehead atoms. The maximum atomic E-state index is 12.7. The first-order valence-corrected chi connectivity index (χ1v) is 12.4. The Labute approximate surface area is 223 Å². The third kappa shape index (κ3) is 4.81. The topological polar surface area (TPSA) is 144 Å². The van der Waals surface area contributed by atoms with Crippen LogP contribution in [0.4, 0.5) is 11.6 Å². The molecule has 0 atom stereocenters. The molecule has 0 fully saturated rings. The quantitative estimate of drug-likeness (QED) is 0.271. The highest BCUT2D eigenvalue weighted by Gasteiger charge is 2.24. The second-order valence-electron chi connectivity index (χ2n) is 9.29. The molecule has 0 aliphatic carbocycles. The lowest BCUT2D eigenvalue weighted by molar-refractivity contribution is -0.115. The van der Waals surface area contributed by atoms with E-state index in [2.05, 4.69) is 42.6 Å². The highest BCUT2D eigenvalue weighted by molar-refractivity contribution is 5.98. The molecule has 5 N–H and O–H groups in total. The van der Waals surface area contributed by atoms with Crippen molar-refractivity contribution in [1.29, 1.82) is 0 Å². The number of anilines is 2. The summed E-state index contributed by atoms with van der Waals surface area (Å²) in [6.45, 7) is 0.593. The Bertz CT molecular complexity index is 1820. The van der Waals surface area contributed by atoms with Gasteiger partial charge in [0.15, 0.2) is 0 Å². The van der Waals surface area contributed by atoms with Crippen molar-refractivity contribution in [2.75, 3.05) is 17.6 Å². The van der Waals surface area contributed by atoms with Crippen LogP contribution in [0, 0.1) is 11.8 Å². The lowest BCUT2D eigenvalue weighted by Crippen LogP contribution is -2.31. The minimum absolute atomic E-state index is 0.101. The summed E-state index contributed by atoms with van der Waals surface area (Å²) in [6.07, 6.45) is 4.24. The van der Waals surface area contributed by atoms with Gasteiger partial charge >= 0.3 is 0 Å². The zero-order valence-corrected chi connectivity index (χ0v) is 21.1. The fraction of sp³-hybridized carbons (Fsp3) is 0.138. The summed E-state index contributed by atoms with van der Waals surface area (Å²) in [5, 5.41) is 13.6. The average molecular weight is 517 g/mol. The third-order valence-corrected chi connectivity index (χ3v) is 6.66. The Morgan fingerprint density at radius 1 is 1.15 bits per heavy atom. The molecule has 192 valence electrons. The van der Waals surface area contributed by atoms with Gasteiger partial charge in [-0.3, -0.25) is 14.7 Å². The number of H-pyrrole nitrogens is 1. The summed E-state index contributed by atoms with van der Waals surface area (Å²) in [4.78, 5) is 33.6. The summed E-state index contributed by atoms with van der Waals surface area (Å²) < 4.78 is 1.96. The van der Waals surface area contributed by atoms with Gasteiger partial charge in [-0.1, -0.05) is 24.0 Å². The molecule has 2 aromatic carbocycles. The number of hydrogen-bond acceptors (Lipinski definition) is 6. The zero-order valence-electron chi connectivity index (χ0n) is 21.1. The van der Waals surface area contributed by atoms with E-state index in [-0.39, 0.29) is 24.2 Å². The zero-order chi connectivity index (χ0) is 26.9. The number of aromatic nitrogens is 5. The normalized spacial score (nSPS) is 12.4. The van der Waals surface area contributed by atoms with E-state index in [1.807, 2.05) is 60.1 Å². The van der Waals surface area contributed by atoms with Gasteiger partial charge in [-0.15, -0.1) is 0 Å². The highest BCUT2D eigenvalue weighted by atomic mass is 16.2. The fourth-order valence-electron chi connectivity index (χ4n) is 4.75. The molecule has 4 heterocycles. The van der Waals surface area contributed by atoms with Crippen molar-refractivity contribution in [2.45, 2.75) is 12.8 Å². The summed E-state index contributed by atoms with van der Waals surface area (Å²) in [7, 11) is 1.91. The first-order valence-electron chi connectivity index (χ1n) is 12.4. The van der Waals surface area contributed by atoms with Crippen molar-refractivity contribution in [3.63, 3.8) is 0 Å². The fourth-order valence-corrected chi connectivity index (χ4v) is 4.75. The maximum Gasteiger partial charge on any atom is 0.253 e. The van der Waals surface area contributed by atoms with E-state index in [9.17, 15) is 9.59 Å². The number of benzene rings is 2. The molecule has 3 aromatic heterocycles.